The van der Waals surface area contributed by atoms with Crippen molar-refractivity contribution < 1.29 is 0 Å². The third-order valence-corrected chi connectivity index (χ3v) is 11.2. The lowest BCUT2D eigenvalue weighted by molar-refractivity contribution is 0.955. The van der Waals surface area contributed by atoms with Crippen LogP contribution >= 0.6 is 11.3 Å². The van der Waals surface area contributed by atoms with E-state index >= 15 is 0 Å². The monoisotopic (exact) mass is 669 g/mol. The Morgan fingerprint density at radius 1 is 0.392 bits per heavy atom. The maximum absolute atomic E-state index is 5.33. The number of rotatable bonds is 4. The topological polar surface area (TPSA) is 48.5 Å². The van der Waals surface area contributed by atoms with E-state index in [4.69, 9.17) is 15.0 Å². The zero-order valence-electron chi connectivity index (χ0n) is 27.2. The third-order valence-electron chi connectivity index (χ3n) is 9.98. The van der Waals surface area contributed by atoms with Crippen LogP contribution in [0.15, 0.2) is 164 Å². The Hall–Kier alpha value is -6.63. The molecule has 5 nitrogen and oxygen atoms in total. The fourth-order valence-electron chi connectivity index (χ4n) is 7.71. The van der Waals surface area contributed by atoms with Gasteiger partial charge in [0.1, 0.15) is 0 Å². The van der Waals surface area contributed by atoms with Gasteiger partial charge < -0.3 is 4.57 Å². The van der Waals surface area contributed by atoms with Crippen LogP contribution in [-0.4, -0.2) is 24.1 Å². The summed E-state index contributed by atoms with van der Waals surface area (Å²) in [6.07, 6.45) is 0. The molecule has 0 radical (unpaired) electrons. The maximum Gasteiger partial charge on any atom is 0.238 e. The molecule has 0 amide bonds. The first-order valence-electron chi connectivity index (χ1n) is 17.0. The quantitative estimate of drug-likeness (QED) is 0.187. The highest BCUT2D eigenvalue weighted by atomic mass is 32.1. The molecule has 238 valence electrons. The van der Waals surface area contributed by atoms with Crippen LogP contribution in [-0.2, 0) is 0 Å². The molecule has 0 N–H and O–H groups in total. The molecule has 7 aromatic carbocycles. The maximum atomic E-state index is 5.33. The summed E-state index contributed by atoms with van der Waals surface area (Å²) < 4.78 is 7.07. The van der Waals surface area contributed by atoms with Crippen LogP contribution in [0, 0.1) is 0 Å². The van der Waals surface area contributed by atoms with Gasteiger partial charge in [-0.3, -0.25) is 4.57 Å². The van der Waals surface area contributed by atoms with Crippen molar-refractivity contribution in [1.82, 2.24) is 24.1 Å². The van der Waals surface area contributed by atoms with Crippen LogP contribution in [0.3, 0.4) is 0 Å². The molecule has 6 heteroatoms. The molecule has 0 unspecified atom stereocenters. The molecule has 0 saturated carbocycles. The molecule has 0 fully saturated rings. The summed E-state index contributed by atoms with van der Waals surface area (Å²) >= 11 is 1.82. The number of hydrogen-bond donors (Lipinski definition) is 0. The largest absolute Gasteiger partial charge is 0.309 e. The van der Waals surface area contributed by atoms with Gasteiger partial charge in [0.15, 0.2) is 11.6 Å². The molecule has 11 rings (SSSR count). The summed E-state index contributed by atoms with van der Waals surface area (Å²) in [5.74, 6) is 1.85. The van der Waals surface area contributed by atoms with Gasteiger partial charge in [-0.2, -0.15) is 9.97 Å². The second kappa shape index (κ2) is 10.9. The van der Waals surface area contributed by atoms with E-state index in [9.17, 15) is 0 Å². The molecular weight excluding hydrogens is 643 g/mol. The van der Waals surface area contributed by atoms with Crippen LogP contribution in [0.25, 0.3) is 98.2 Å². The minimum atomic E-state index is 0.596. The van der Waals surface area contributed by atoms with Gasteiger partial charge in [-0.15, -0.1) is 11.3 Å². The van der Waals surface area contributed by atoms with Gasteiger partial charge in [-0.05, 0) is 36.4 Å². The number of thiophene rings is 1. The van der Waals surface area contributed by atoms with E-state index in [2.05, 4.69) is 155 Å². The van der Waals surface area contributed by atoms with Crippen LogP contribution in [0.1, 0.15) is 0 Å². The van der Waals surface area contributed by atoms with Gasteiger partial charge in [0.25, 0.3) is 0 Å². The standard InChI is InChI=1S/C45H27N5S/c1-3-13-28(14-4-1)43-46-44(29-23-24-33-31-17-7-10-20-37(31)49(39(33)27-29)30-15-5-2-6-16-30)48-45(47-43)50-38-21-11-8-18-32(38)35-25-26-36-34-19-9-12-22-40(34)51-42(36)41(35)50/h1-27H. The van der Waals surface area contributed by atoms with Gasteiger partial charge in [-0.1, -0.05) is 127 Å². The van der Waals surface area contributed by atoms with Crippen molar-refractivity contribution in [3.05, 3.63) is 164 Å². The first-order valence-corrected chi connectivity index (χ1v) is 17.9. The van der Waals surface area contributed by atoms with E-state index < -0.39 is 0 Å². The summed E-state index contributed by atoms with van der Waals surface area (Å²) in [5, 5.41) is 7.25. The average molecular weight is 670 g/mol. The molecule has 0 aliphatic carbocycles. The minimum Gasteiger partial charge on any atom is -0.309 e. The number of aromatic nitrogens is 5. The van der Waals surface area contributed by atoms with Crippen LogP contribution in [0.5, 0.6) is 0 Å². The van der Waals surface area contributed by atoms with E-state index in [0.717, 1.165) is 38.9 Å². The lowest BCUT2D eigenvalue weighted by atomic mass is 10.1. The summed E-state index contributed by atoms with van der Waals surface area (Å²) in [6, 6.07) is 57.7. The van der Waals surface area contributed by atoms with Gasteiger partial charge in [0.2, 0.25) is 5.95 Å². The molecule has 0 bridgehead atoms. The molecule has 4 aromatic heterocycles. The lowest BCUT2D eigenvalue weighted by Crippen LogP contribution is -2.06. The summed E-state index contributed by atoms with van der Waals surface area (Å²) in [5.41, 5.74) is 7.42. The third kappa shape index (κ3) is 4.24. The highest BCUT2D eigenvalue weighted by Gasteiger charge is 2.22. The van der Waals surface area contributed by atoms with E-state index in [1.165, 1.54) is 41.7 Å². The Labute approximate surface area is 296 Å². The molecule has 11 aromatic rings. The molecule has 4 heterocycles. The van der Waals surface area contributed by atoms with Crippen molar-refractivity contribution >= 4 is 75.1 Å². The van der Waals surface area contributed by atoms with Crippen LogP contribution in [0.4, 0.5) is 0 Å². The van der Waals surface area contributed by atoms with Crippen molar-refractivity contribution in [2.24, 2.45) is 0 Å². The first-order chi connectivity index (χ1) is 25.3. The first kappa shape index (κ1) is 28.2. The van der Waals surface area contributed by atoms with Gasteiger partial charge in [0, 0.05) is 53.8 Å². The lowest BCUT2D eigenvalue weighted by Gasteiger charge is -2.12. The molecule has 0 saturated heterocycles. The van der Waals surface area contributed by atoms with Crippen molar-refractivity contribution in [3.8, 4) is 34.4 Å². The predicted octanol–water partition coefficient (Wildman–Crippen LogP) is 11.8. The Balaban J connectivity index is 1.23. The Bertz CT molecular complexity index is 3140. The normalized spacial score (nSPS) is 11.9. The molecule has 51 heavy (non-hydrogen) atoms. The minimum absolute atomic E-state index is 0.596. The highest BCUT2D eigenvalue weighted by molar-refractivity contribution is 7.26. The van der Waals surface area contributed by atoms with E-state index in [0.29, 0.717) is 17.6 Å². The van der Waals surface area contributed by atoms with E-state index in [-0.39, 0.29) is 0 Å². The number of hydrogen-bond acceptors (Lipinski definition) is 4. The zero-order valence-corrected chi connectivity index (χ0v) is 28.0. The van der Waals surface area contributed by atoms with Gasteiger partial charge in [0.05, 0.1) is 26.8 Å². The number of nitrogens with zero attached hydrogens (tertiary/aromatic N) is 5. The molecule has 0 spiro atoms. The number of para-hydroxylation sites is 3. The van der Waals surface area contributed by atoms with Crippen molar-refractivity contribution in [3.63, 3.8) is 0 Å². The molecule has 0 atom stereocenters. The van der Waals surface area contributed by atoms with Crippen LogP contribution in [0.2, 0.25) is 0 Å². The van der Waals surface area contributed by atoms with Gasteiger partial charge in [-0.25, -0.2) is 4.98 Å². The second-order valence-electron chi connectivity index (χ2n) is 12.9. The molecular formula is C45H27N5S. The zero-order chi connectivity index (χ0) is 33.5. The highest BCUT2D eigenvalue weighted by Crippen LogP contribution is 2.43. The summed E-state index contributed by atoms with van der Waals surface area (Å²) in [7, 11) is 0. The van der Waals surface area contributed by atoms with E-state index in [1.807, 2.05) is 29.5 Å². The Morgan fingerprint density at radius 3 is 1.75 bits per heavy atom. The SMILES string of the molecule is c1ccc(-c2nc(-c3ccc4c5ccccc5n(-c5ccccc5)c4c3)nc(-n3c4ccccc4c4ccc5c6ccccc6sc5c43)n2)cc1. The Kier molecular flexibility index (Phi) is 6.05. The second-order valence-corrected chi connectivity index (χ2v) is 13.9. The van der Waals surface area contributed by atoms with Crippen molar-refractivity contribution in [2.75, 3.05) is 0 Å². The summed E-state index contributed by atoms with van der Waals surface area (Å²) in [4.78, 5) is 15.7. The smallest absolute Gasteiger partial charge is 0.238 e. The van der Waals surface area contributed by atoms with Gasteiger partial charge >= 0.3 is 0 Å². The fourth-order valence-corrected chi connectivity index (χ4v) is 8.95. The summed E-state index contributed by atoms with van der Waals surface area (Å²) in [6.45, 7) is 0. The Morgan fingerprint density at radius 2 is 0.961 bits per heavy atom. The van der Waals surface area contributed by atoms with Crippen molar-refractivity contribution in [1.29, 1.82) is 0 Å². The van der Waals surface area contributed by atoms with Crippen molar-refractivity contribution in [2.45, 2.75) is 0 Å². The van der Waals surface area contributed by atoms with E-state index in [1.54, 1.807) is 0 Å². The number of fused-ring (bicyclic) bond motifs is 10. The molecule has 0 aliphatic heterocycles. The van der Waals surface area contributed by atoms with Crippen LogP contribution < -0.4 is 0 Å². The fraction of sp³-hybridized carbons (Fsp3) is 0. The predicted molar refractivity (Wildman–Crippen MR) is 212 cm³/mol. The molecule has 0 aliphatic rings. The average Bonchev–Trinajstić information content (AvgIpc) is 3.86. The number of benzene rings is 7.